The molecule has 8 nitrogen and oxygen atoms in total. The van der Waals surface area contributed by atoms with Gasteiger partial charge in [-0.05, 0) is 42.7 Å². The summed E-state index contributed by atoms with van der Waals surface area (Å²) in [6.07, 6.45) is 0.925. The quantitative estimate of drug-likeness (QED) is 0.336. The Morgan fingerprint density at radius 1 is 1.00 bits per heavy atom. The van der Waals surface area contributed by atoms with E-state index in [1.165, 1.54) is 0 Å². The number of carbonyl (C=O) groups is 3. The van der Waals surface area contributed by atoms with Crippen molar-refractivity contribution in [2.45, 2.75) is 25.3 Å². The van der Waals surface area contributed by atoms with E-state index >= 15 is 0 Å². The second kappa shape index (κ2) is 9.21. The molecule has 8 heteroatoms. The van der Waals surface area contributed by atoms with Crippen molar-refractivity contribution >= 4 is 29.3 Å². The number of hydrogen-bond donors (Lipinski definition) is 5. The molecule has 3 unspecified atom stereocenters. The molecule has 156 valence electrons. The first-order valence-corrected chi connectivity index (χ1v) is 9.67. The van der Waals surface area contributed by atoms with Crippen LogP contribution >= 0.6 is 0 Å². The van der Waals surface area contributed by atoms with E-state index in [-0.39, 0.29) is 24.1 Å². The van der Waals surface area contributed by atoms with Gasteiger partial charge in [0.1, 0.15) is 5.84 Å². The zero-order valence-electron chi connectivity index (χ0n) is 16.3. The Morgan fingerprint density at radius 2 is 1.60 bits per heavy atom. The Bertz CT molecular complexity index is 943. The van der Waals surface area contributed by atoms with Gasteiger partial charge in [-0.2, -0.15) is 0 Å². The van der Waals surface area contributed by atoms with Gasteiger partial charge >= 0.3 is 5.97 Å². The molecule has 6 N–H and O–H groups in total. The maximum Gasteiger partial charge on any atom is 0.305 e. The van der Waals surface area contributed by atoms with Crippen molar-refractivity contribution in [2.24, 2.45) is 17.6 Å². The highest BCUT2D eigenvalue weighted by Gasteiger charge is 2.42. The summed E-state index contributed by atoms with van der Waals surface area (Å²) in [5, 5.41) is 22.2. The molecule has 0 aliphatic heterocycles. The van der Waals surface area contributed by atoms with Gasteiger partial charge < -0.3 is 21.5 Å². The van der Waals surface area contributed by atoms with Crippen LogP contribution in [0, 0.1) is 17.2 Å². The van der Waals surface area contributed by atoms with Gasteiger partial charge in [-0.25, -0.2) is 0 Å². The molecule has 1 aliphatic carbocycles. The SMILES string of the molecule is N=C(N)c1ccc(NC(=O)C2CCC2C(=O)NC(CC(=O)O)c2ccccc2)cc1. The van der Waals surface area contributed by atoms with E-state index in [1.54, 1.807) is 48.5 Å². The van der Waals surface area contributed by atoms with Gasteiger partial charge in [-0.15, -0.1) is 0 Å². The number of amides is 2. The standard InChI is InChI=1S/C22H24N4O4/c23-20(24)14-6-8-15(9-7-14)25-21(29)16-10-11-17(16)22(30)26-18(12-19(27)28)13-4-2-1-3-5-13/h1-9,16-18H,10-12H2,(H3,23,24)(H,25,29)(H,26,30)(H,27,28). The minimum Gasteiger partial charge on any atom is -0.481 e. The molecule has 0 heterocycles. The van der Waals surface area contributed by atoms with Crippen molar-refractivity contribution in [1.29, 1.82) is 5.41 Å². The zero-order chi connectivity index (χ0) is 21.7. The molecular weight excluding hydrogens is 384 g/mol. The monoisotopic (exact) mass is 408 g/mol. The van der Waals surface area contributed by atoms with Gasteiger partial charge in [0.2, 0.25) is 11.8 Å². The number of nitrogens with one attached hydrogen (secondary N) is 3. The second-order valence-electron chi connectivity index (χ2n) is 7.34. The molecule has 0 spiro atoms. The van der Waals surface area contributed by atoms with Crippen molar-refractivity contribution < 1.29 is 19.5 Å². The maximum atomic E-state index is 12.8. The largest absolute Gasteiger partial charge is 0.481 e. The van der Waals surface area contributed by atoms with Crippen LogP contribution < -0.4 is 16.4 Å². The Kier molecular flexibility index (Phi) is 6.46. The first kappa shape index (κ1) is 21.0. The lowest BCUT2D eigenvalue weighted by atomic mass is 9.72. The Hall–Kier alpha value is -3.68. The molecule has 0 aromatic heterocycles. The van der Waals surface area contributed by atoms with Crippen molar-refractivity contribution in [3.8, 4) is 0 Å². The molecule has 1 fully saturated rings. The molecule has 0 radical (unpaired) electrons. The van der Waals surface area contributed by atoms with Crippen LogP contribution in [-0.2, 0) is 14.4 Å². The van der Waals surface area contributed by atoms with E-state index in [1.807, 2.05) is 6.07 Å². The molecule has 0 bridgehead atoms. The van der Waals surface area contributed by atoms with Crippen molar-refractivity contribution in [2.75, 3.05) is 5.32 Å². The first-order valence-electron chi connectivity index (χ1n) is 9.67. The van der Waals surface area contributed by atoms with E-state index < -0.39 is 23.8 Å². The number of aliphatic carboxylic acids is 1. The highest BCUT2D eigenvalue weighted by molar-refractivity contribution is 5.98. The molecule has 1 aliphatic rings. The maximum absolute atomic E-state index is 12.8. The second-order valence-corrected chi connectivity index (χ2v) is 7.34. The summed E-state index contributed by atoms with van der Waals surface area (Å²) in [5.41, 5.74) is 7.24. The number of nitrogens with two attached hydrogens (primary N) is 1. The molecule has 30 heavy (non-hydrogen) atoms. The predicted molar refractivity (Wildman–Crippen MR) is 112 cm³/mol. The highest BCUT2D eigenvalue weighted by atomic mass is 16.4. The lowest BCUT2D eigenvalue weighted by molar-refractivity contribution is -0.140. The topological polar surface area (TPSA) is 145 Å². The molecule has 2 aromatic carbocycles. The number of carboxylic acid groups (broad SMARTS) is 1. The average Bonchev–Trinajstić information content (AvgIpc) is 2.67. The van der Waals surface area contributed by atoms with Crippen molar-refractivity contribution in [1.82, 2.24) is 5.32 Å². The van der Waals surface area contributed by atoms with Gasteiger partial charge in [-0.1, -0.05) is 30.3 Å². The van der Waals surface area contributed by atoms with Crippen LogP contribution in [0.5, 0.6) is 0 Å². The Labute approximate surface area is 174 Å². The molecule has 2 amide bonds. The number of amidine groups is 1. The number of benzene rings is 2. The third-order valence-corrected chi connectivity index (χ3v) is 5.31. The number of rotatable bonds is 8. The fourth-order valence-corrected chi connectivity index (χ4v) is 3.49. The van der Waals surface area contributed by atoms with Gasteiger partial charge in [0.15, 0.2) is 0 Å². The van der Waals surface area contributed by atoms with Gasteiger partial charge in [0.25, 0.3) is 0 Å². The third-order valence-electron chi connectivity index (χ3n) is 5.31. The van der Waals surface area contributed by atoms with Crippen LogP contribution in [0.4, 0.5) is 5.69 Å². The normalized spacial score (nSPS) is 18.5. The smallest absolute Gasteiger partial charge is 0.305 e. The molecule has 2 aromatic rings. The summed E-state index contributed by atoms with van der Waals surface area (Å²) < 4.78 is 0. The van der Waals surface area contributed by atoms with E-state index in [9.17, 15) is 19.5 Å². The Balaban J connectivity index is 1.62. The van der Waals surface area contributed by atoms with E-state index in [4.69, 9.17) is 11.1 Å². The van der Waals surface area contributed by atoms with Gasteiger partial charge in [-0.3, -0.25) is 19.8 Å². The summed E-state index contributed by atoms with van der Waals surface area (Å²) in [7, 11) is 0. The van der Waals surface area contributed by atoms with Crippen molar-refractivity contribution in [3.63, 3.8) is 0 Å². The lowest BCUT2D eigenvalue weighted by Gasteiger charge is -2.35. The molecule has 0 saturated heterocycles. The van der Waals surface area contributed by atoms with Crippen LogP contribution in [0.1, 0.15) is 36.4 Å². The highest BCUT2D eigenvalue weighted by Crippen LogP contribution is 2.36. The number of hydrogen-bond acceptors (Lipinski definition) is 4. The molecule has 3 rings (SSSR count). The van der Waals surface area contributed by atoms with Crippen LogP contribution in [-0.4, -0.2) is 28.7 Å². The summed E-state index contributed by atoms with van der Waals surface area (Å²) in [6.45, 7) is 0. The van der Waals surface area contributed by atoms with Gasteiger partial charge in [0.05, 0.1) is 12.5 Å². The average molecular weight is 408 g/mol. The lowest BCUT2D eigenvalue weighted by Crippen LogP contribution is -2.47. The van der Waals surface area contributed by atoms with Crippen LogP contribution in [0.3, 0.4) is 0 Å². The summed E-state index contributed by atoms with van der Waals surface area (Å²) in [4.78, 5) is 36.6. The number of carbonyl (C=O) groups excluding carboxylic acids is 2. The number of anilines is 1. The molecule has 3 atom stereocenters. The van der Waals surface area contributed by atoms with E-state index in [0.717, 1.165) is 0 Å². The predicted octanol–water partition coefficient (Wildman–Crippen LogP) is 2.27. The van der Waals surface area contributed by atoms with Crippen molar-refractivity contribution in [3.05, 3.63) is 65.7 Å². The fraction of sp³-hybridized carbons (Fsp3) is 0.273. The van der Waals surface area contributed by atoms with E-state index in [0.29, 0.717) is 29.7 Å². The van der Waals surface area contributed by atoms with Crippen LogP contribution in [0.25, 0.3) is 0 Å². The fourth-order valence-electron chi connectivity index (χ4n) is 3.49. The summed E-state index contributed by atoms with van der Waals surface area (Å²) in [5.74, 6) is -2.62. The van der Waals surface area contributed by atoms with E-state index in [2.05, 4.69) is 10.6 Å². The zero-order valence-corrected chi connectivity index (χ0v) is 16.3. The number of nitrogen functional groups attached to an aromatic ring is 1. The minimum atomic E-state index is -1.01. The number of carboxylic acids is 1. The van der Waals surface area contributed by atoms with Crippen LogP contribution in [0.2, 0.25) is 0 Å². The first-order chi connectivity index (χ1) is 14.3. The summed E-state index contributed by atoms with van der Waals surface area (Å²) >= 11 is 0. The minimum absolute atomic E-state index is 0.0575. The third kappa shape index (κ3) is 5.02. The molecular formula is C22H24N4O4. The molecule has 1 saturated carbocycles. The summed E-state index contributed by atoms with van der Waals surface area (Å²) in [6, 6.07) is 14.9. The van der Waals surface area contributed by atoms with Gasteiger partial charge in [0, 0.05) is 23.1 Å². The Morgan fingerprint density at radius 3 is 2.13 bits per heavy atom. The van der Waals surface area contributed by atoms with Crippen LogP contribution in [0.15, 0.2) is 54.6 Å².